The van der Waals surface area contributed by atoms with Crippen LogP contribution in [-0.4, -0.2) is 28.8 Å². The molecule has 1 aliphatic heterocycles. The van der Waals surface area contributed by atoms with Crippen LogP contribution < -0.4 is 14.2 Å². The molecule has 1 aromatic carbocycles. The number of aryl methyl sites for hydroxylation is 1. The number of hydrogen-bond acceptors (Lipinski definition) is 5. The van der Waals surface area contributed by atoms with Crippen molar-refractivity contribution < 1.29 is 19.3 Å². The predicted molar refractivity (Wildman–Crippen MR) is 78.8 cm³/mol. The summed E-state index contributed by atoms with van der Waals surface area (Å²) in [5.41, 5.74) is 1.30. The summed E-state index contributed by atoms with van der Waals surface area (Å²) in [6.45, 7) is 2.78. The SMILES string of the molecule is CCn1ncc(OC)c1C(O)c1cc(Br)c2c(c1)OCO2. The van der Waals surface area contributed by atoms with E-state index in [1.165, 1.54) is 0 Å². The molecule has 1 atom stereocenters. The maximum absolute atomic E-state index is 10.7. The quantitative estimate of drug-likeness (QED) is 0.913. The van der Waals surface area contributed by atoms with Crippen LogP contribution in [0.1, 0.15) is 24.3 Å². The lowest BCUT2D eigenvalue weighted by atomic mass is 10.1. The number of fused-ring (bicyclic) bond motifs is 1. The first-order chi connectivity index (χ1) is 10.2. The summed E-state index contributed by atoms with van der Waals surface area (Å²) in [4.78, 5) is 0. The molecule has 0 aliphatic carbocycles. The number of hydrogen-bond donors (Lipinski definition) is 1. The summed E-state index contributed by atoms with van der Waals surface area (Å²) >= 11 is 3.43. The van der Waals surface area contributed by atoms with Crippen molar-refractivity contribution in [2.45, 2.75) is 19.6 Å². The third-order valence-corrected chi connectivity index (χ3v) is 3.98. The minimum absolute atomic E-state index is 0.184. The maximum atomic E-state index is 10.7. The van der Waals surface area contributed by atoms with Gasteiger partial charge >= 0.3 is 0 Å². The zero-order chi connectivity index (χ0) is 15.0. The Morgan fingerprint density at radius 3 is 3.00 bits per heavy atom. The van der Waals surface area contributed by atoms with Crippen LogP contribution in [0.15, 0.2) is 22.8 Å². The van der Waals surface area contributed by atoms with Crippen LogP contribution in [0.2, 0.25) is 0 Å². The highest BCUT2D eigenvalue weighted by molar-refractivity contribution is 9.10. The molecule has 0 spiro atoms. The van der Waals surface area contributed by atoms with E-state index in [9.17, 15) is 5.11 Å². The smallest absolute Gasteiger partial charge is 0.231 e. The van der Waals surface area contributed by atoms with Crippen LogP contribution >= 0.6 is 15.9 Å². The molecule has 6 nitrogen and oxygen atoms in total. The predicted octanol–water partition coefficient (Wildman–Crippen LogP) is 2.48. The van der Waals surface area contributed by atoms with Gasteiger partial charge in [0.2, 0.25) is 6.79 Å². The maximum Gasteiger partial charge on any atom is 0.231 e. The van der Waals surface area contributed by atoms with E-state index in [0.717, 1.165) is 4.47 Å². The molecule has 1 aliphatic rings. The molecule has 0 saturated heterocycles. The van der Waals surface area contributed by atoms with Gasteiger partial charge in [0.05, 0.1) is 17.8 Å². The van der Waals surface area contributed by atoms with E-state index in [0.29, 0.717) is 35.1 Å². The fraction of sp³-hybridized carbons (Fsp3) is 0.357. The van der Waals surface area contributed by atoms with Crippen LogP contribution in [0.5, 0.6) is 17.2 Å². The third kappa shape index (κ3) is 2.36. The average Bonchev–Trinajstić information content (AvgIpc) is 3.12. The van der Waals surface area contributed by atoms with E-state index in [-0.39, 0.29) is 6.79 Å². The molecular formula is C14H15BrN2O4. The largest absolute Gasteiger partial charge is 0.493 e. The lowest BCUT2D eigenvalue weighted by Gasteiger charge is -2.15. The van der Waals surface area contributed by atoms with E-state index in [4.69, 9.17) is 14.2 Å². The summed E-state index contributed by atoms with van der Waals surface area (Å²) in [6, 6.07) is 3.58. The Hall–Kier alpha value is -1.73. The molecular weight excluding hydrogens is 340 g/mol. The summed E-state index contributed by atoms with van der Waals surface area (Å²) in [5, 5.41) is 14.9. The summed E-state index contributed by atoms with van der Waals surface area (Å²) in [6.07, 6.45) is 0.734. The van der Waals surface area contributed by atoms with E-state index in [1.807, 2.05) is 13.0 Å². The van der Waals surface area contributed by atoms with Crippen molar-refractivity contribution in [3.8, 4) is 17.2 Å². The number of methoxy groups -OCH3 is 1. The highest BCUT2D eigenvalue weighted by Gasteiger charge is 2.25. The molecule has 1 N–H and O–H groups in total. The van der Waals surface area contributed by atoms with E-state index < -0.39 is 6.10 Å². The topological polar surface area (TPSA) is 65.7 Å². The van der Waals surface area contributed by atoms with E-state index in [1.54, 1.807) is 24.1 Å². The van der Waals surface area contributed by atoms with Crippen LogP contribution in [0.4, 0.5) is 0 Å². The first kappa shape index (κ1) is 14.2. The van der Waals surface area contributed by atoms with Gasteiger partial charge in [-0.1, -0.05) is 0 Å². The van der Waals surface area contributed by atoms with Gasteiger partial charge in [0, 0.05) is 6.54 Å². The van der Waals surface area contributed by atoms with Gasteiger partial charge in [-0.3, -0.25) is 4.68 Å². The van der Waals surface area contributed by atoms with Crippen molar-refractivity contribution in [1.29, 1.82) is 0 Å². The third-order valence-electron chi connectivity index (χ3n) is 3.39. The van der Waals surface area contributed by atoms with Crippen LogP contribution in [0, 0.1) is 0 Å². The van der Waals surface area contributed by atoms with Gasteiger partial charge in [-0.2, -0.15) is 5.10 Å². The summed E-state index contributed by atoms with van der Waals surface area (Å²) in [5.74, 6) is 1.82. The molecule has 0 fully saturated rings. The molecule has 2 aromatic rings. The van der Waals surface area contributed by atoms with Crippen molar-refractivity contribution in [1.82, 2.24) is 9.78 Å². The van der Waals surface area contributed by atoms with Gasteiger partial charge in [0.15, 0.2) is 17.2 Å². The Kier molecular flexibility index (Phi) is 3.77. The number of benzene rings is 1. The van der Waals surface area contributed by atoms with Gasteiger partial charge in [0.1, 0.15) is 11.8 Å². The number of ether oxygens (including phenoxy) is 3. The minimum Gasteiger partial charge on any atom is -0.493 e. The fourth-order valence-corrected chi connectivity index (χ4v) is 2.94. The normalized spacial score (nSPS) is 14.3. The Labute approximate surface area is 130 Å². The molecule has 1 unspecified atom stereocenters. The van der Waals surface area contributed by atoms with Gasteiger partial charge < -0.3 is 19.3 Å². The molecule has 2 heterocycles. The van der Waals surface area contributed by atoms with Crippen molar-refractivity contribution in [2.24, 2.45) is 0 Å². The number of halogens is 1. The van der Waals surface area contributed by atoms with Crippen molar-refractivity contribution in [3.63, 3.8) is 0 Å². The van der Waals surface area contributed by atoms with Gasteiger partial charge in [-0.25, -0.2) is 0 Å². The van der Waals surface area contributed by atoms with Crippen molar-refractivity contribution in [2.75, 3.05) is 13.9 Å². The molecule has 3 rings (SSSR count). The Morgan fingerprint density at radius 1 is 1.48 bits per heavy atom. The Morgan fingerprint density at radius 2 is 2.29 bits per heavy atom. The molecule has 7 heteroatoms. The van der Waals surface area contributed by atoms with Gasteiger partial charge in [0.25, 0.3) is 0 Å². The molecule has 0 bridgehead atoms. The van der Waals surface area contributed by atoms with Gasteiger partial charge in [-0.05, 0) is 40.5 Å². The second-order valence-electron chi connectivity index (χ2n) is 4.55. The fourth-order valence-electron chi connectivity index (χ4n) is 2.37. The number of aliphatic hydroxyl groups excluding tert-OH is 1. The summed E-state index contributed by atoms with van der Waals surface area (Å²) < 4.78 is 18.5. The highest BCUT2D eigenvalue weighted by Crippen LogP contribution is 2.42. The number of rotatable bonds is 4. The van der Waals surface area contributed by atoms with Crippen molar-refractivity contribution in [3.05, 3.63) is 34.1 Å². The molecule has 0 amide bonds. The first-order valence-electron chi connectivity index (χ1n) is 6.52. The lowest BCUT2D eigenvalue weighted by molar-refractivity contribution is 0.173. The zero-order valence-corrected chi connectivity index (χ0v) is 13.3. The highest BCUT2D eigenvalue weighted by atomic mass is 79.9. The monoisotopic (exact) mass is 354 g/mol. The molecule has 0 radical (unpaired) electrons. The second-order valence-corrected chi connectivity index (χ2v) is 5.41. The standard InChI is InChI=1S/C14H15BrN2O4/c1-3-17-12(11(19-2)6-16-17)13(18)8-4-9(15)14-10(5-8)20-7-21-14/h4-6,13,18H,3,7H2,1-2H3. The molecule has 1 aromatic heterocycles. The zero-order valence-electron chi connectivity index (χ0n) is 11.7. The van der Waals surface area contributed by atoms with Crippen LogP contribution in [-0.2, 0) is 6.54 Å². The van der Waals surface area contributed by atoms with E-state index >= 15 is 0 Å². The molecule has 112 valence electrons. The second kappa shape index (κ2) is 5.57. The van der Waals surface area contributed by atoms with Gasteiger partial charge in [-0.15, -0.1) is 0 Å². The lowest BCUT2D eigenvalue weighted by Crippen LogP contribution is -2.10. The number of aromatic nitrogens is 2. The summed E-state index contributed by atoms with van der Waals surface area (Å²) in [7, 11) is 1.56. The number of nitrogens with zero attached hydrogens (tertiary/aromatic N) is 2. The molecule has 0 saturated carbocycles. The van der Waals surface area contributed by atoms with Crippen molar-refractivity contribution >= 4 is 15.9 Å². The van der Waals surface area contributed by atoms with Crippen LogP contribution in [0.25, 0.3) is 0 Å². The number of aliphatic hydroxyl groups is 1. The van der Waals surface area contributed by atoms with E-state index in [2.05, 4.69) is 21.0 Å². The molecule has 21 heavy (non-hydrogen) atoms. The minimum atomic E-state index is -0.867. The first-order valence-corrected chi connectivity index (χ1v) is 7.31. The Balaban J connectivity index is 2.05. The Bertz CT molecular complexity index is 650. The average molecular weight is 355 g/mol. The van der Waals surface area contributed by atoms with Crippen LogP contribution in [0.3, 0.4) is 0 Å².